The van der Waals surface area contributed by atoms with E-state index >= 15 is 0 Å². The van der Waals surface area contributed by atoms with Gasteiger partial charge in [0.2, 0.25) is 5.91 Å². The second-order valence-electron chi connectivity index (χ2n) is 6.57. The summed E-state index contributed by atoms with van der Waals surface area (Å²) in [6.07, 6.45) is 1.50. The Morgan fingerprint density at radius 1 is 1.38 bits per heavy atom. The molecule has 124 valence electrons. The van der Waals surface area contributed by atoms with E-state index in [2.05, 4.69) is 5.32 Å². The molecule has 0 aliphatic heterocycles. The van der Waals surface area contributed by atoms with Crippen LogP contribution >= 0.6 is 0 Å². The van der Waals surface area contributed by atoms with E-state index < -0.39 is 23.4 Å². The first-order chi connectivity index (χ1) is 10.9. The second kappa shape index (κ2) is 7.93. The Morgan fingerprint density at radius 3 is 2.58 bits per heavy atom. The summed E-state index contributed by atoms with van der Waals surface area (Å²) in [5, 5.41) is 23.3. The van der Waals surface area contributed by atoms with Crippen molar-refractivity contribution < 1.29 is 75.6 Å². The Bertz CT molecular complexity index is 635. The average Bonchev–Trinajstić information content (AvgIpc) is 2.43. The van der Waals surface area contributed by atoms with Crippen LogP contribution in [0, 0.1) is 11.7 Å². The van der Waals surface area contributed by atoms with Crippen LogP contribution < -0.4 is 61.8 Å². The van der Waals surface area contributed by atoms with Gasteiger partial charge in [0.05, 0.1) is 11.5 Å². The first-order valence-electron chi connectivity index (χ1n) is 7.87. The minimum atomic E-state index is -1.24. The summed E-state index contributed by atoms with van der Waals surface area (Å²) < 4.78 is 13.5. The number of amides is 1. The largest absolute Gasteiger partial charge is 1.00 e. The normalized spacial score (nSPS) is 27.2. The van der Waals surface area contributed by atoms with Gasteiger partial charge in [0.15, 0.2) is 0 Å². The first kappa shape index (κ1) is 20.0. The molecule has 0 unspecified atom stereocenters. The van der Waals surface area contributed by atoms with Gasteiger partial charge in [-0.3, -0.25) is 4.79 Å². The number of rotatable bonds is 5. The maximum Gasteiger partial charge on any atom is 1.00 e. The Labute approximate surface area is 182 Å². The molecule has 1 aromatic rings. The SMILES string of the molecule is O=C([O-])C[C@H]1[C@H](O)C[C@@H]1NC(=O)C1(c2cccc(F)c2)CCC1.[K+]. The molecule has 0 radical (unpaired) electrons. The molecule has 2 aliphatic rings. The number of carbonyl (C=O) groups excluding carboxylic acids is 2. The van der Waals surface area contributed by atoms with Crippen molar-refractivity contribution in [3.05, 3.63) is 35.6 Å². The van der Waals surface area contributed by atoms with Crippen molar-refractivity contribution in [3.8, 4) is 0 Å². The molecule has 0 heterocycles. The summed E-state index contributed by atoms with van der Waals surface area (Å²) in [7, 11) is 0. The zero-order chi connectivity index (χ0) is 16.6. The van der Waals surface area contributed by atoms with Crippen LogP contribution in [0.5, 0.6) is 0 Å². The fraction of sp³-hybridized carbons (Fsp3) is 0.529. The Balaban J connectivity index is 0.00000208. The number of hydrogen-bond donors (Lipinski definition) is 2. The second-order valence-corrected chi connectivity index (χ2v) is 6.57. The quantitative estimate of drug-likeness (QED) is 0.558. The molecule has 5 nitrogen and oxygen atoms in total. The molecule has 0 saturated heterocycles. The van der Waals surface area contributed by atoms with Gasteiger partial charge in [-0.15, -0.1) is 0 Å². The van der Waals surface area contributed by atoms with E-state index in [0.29, 0.717) is 24.8 Å². The summed E-state index contributed by atoms with van der Waals surface area (Å²) >= 11 is 0. The molecule has 2 fully saturated rings. The fourth-order valence-electron chi connectivity index (χ4n) is 3.59. The predicted octanol–water partition coefficient (Wildman–Crippen LogP) is -2.74. The van der Waals surface area contributed by atoms with Crippen LogP contribution in [0.4, 0.5) is 4.39 Å². The van der Waals surface area contributed by atoms with Gasteiger partial charge in [0.25, 0.3) is 0 Å². The third kappa shape index (κ3) is 3.76. The molecule has 1 amide bonds. The topological polar surface area (TPSA) is 89.5 Å². The Hall–Kier alpha value is -0.314. The van der Waals surface area contributed by atoms with Gasteiger partial charge in [-0.2, -0.15) is 0 Å². The van der Waals surface area contributed by atoms with E-state index in [1.165, 1.54) is 12.1 Å². The first-order valence-corrected chi connectivity index (χ1v) is 7.87. The van der Waals surface area contributed by atoms with Crippen molar-refractivity contribution in [2.45, 2.75) is 49.7 Å². The monoisotopic (exact) mass is 359 g/mol. The van der Waals surface area contributed by atoms with Crippen LogP contribution in [0.15, 0.2) is 24.3 Å². The summed E-state index contributed by atoms with van der Waals surface area (Å²) in [4.78, 5) is 23.4. The van der Waals surface area contributed by atoms with Gasteiger partial charge in [-0.25, -0.2) is 4.39 Å². The zero-order valence-corrected chi connectivity index (χ0v) is 16.8. The van der Waals surface area contributed by atoms with Gasteiger partial charge in [0.1, 0.15) is 5.82 Å². The number of carboxylic acid groups (broad SMARTS) is 1. The number of aliphatic hydroxyl groups excluding tert-OH is 1. The number of carbonyl (C=O) groups is 2. The van der Waals surface area contributed by atoms with Gasteiger partial charge < -0.3 is 20.3 Å². The number of nitrogens with one attached hydrogen (secondary N) is 1. The van der Waals surface area contributed by atoms with Crippen molar-refractivity contribution in [1.82, 2.24) is 5.32 Å². The van der Waals surface area contributed by atoms with E-state index in [0.717, 1.165) is 6.42 Å². The van der Waals surface area contributed by atoms with Crippen LogP contribution in [0.25, 0.3) is 0 Å². The number of aliphatic hydroxyl groups is 1. The summed E-state index contributed by atoms with van der Waals surface area (Å²) in [6.45, 7) is 0. The molecule has 2 N–H and O–H groups in total. The summed E-state index contributed by atoms with van der Waals surface area (Å²) in [5.74, 6) is -2.35. The number of benzene rings is 1. The molecular formula is C17H19FKNO4. The molecule has 1 aromatic carbocycles. The smallest absolute Gasteiger partial charge is 0.550 e. The van der Waals surface area contributed by atoms with Gasteiger partial charge in [-0.1, -0.05) is 18.6 Å². The van der Waals surface area contributed by atoms with E-state index in [9.17, 15) is 24.2 Å². The number of hydrogen-bond acceptors (Lipinski definition) is 4. The van der Waals surface area contributed by atoms with Gasteiger partial charge in [0, 0.05) is 17.9 Å². The Morgan fingerprint density at radius 2 is 2.08 bits per heavy atom. The minimum Gasteiger partial charge on any atom is -0.550 e. The van der Waals surface area contributed by atoms with E-state index in [1.807, 2.05) is 0 Å². The molecule has 0 aromatic heterocycles. The zero-order valence-electron chi connectivity index (χ0n) is 13.6. The number of aliphatic carboxylic acids is 1. The van der Waals surface area contributed by atoms with Gasteiger partial charge >= 0.3 is 51.4 Å². The maximum absolute atomic E-state index is 13.5. The summed E-state index contributed by atoms with van der Waals surface area (Å²) in [6, 6.07) is 5.68. The van der Waals surface area contributed by atoms with Crippen molar-refractivity contribution >= 4 is 11.9 Å². The van der Waals surface area contributed by atoms with Crippen LogP contribution in [-0.2, 0) is 15.0 Å². The number of carboxylic acids is 1. The molecular weight excluding hydrogens is 340 g/mol. The van der Waals surface area contributed by atoms with Crippen molar-refractivity contribution in [1.29, 1.82) is 0 Å². The van der Waals surface area contributed by atoms with Crippen LogP contribution in [0.1, 0.15) is 37.7 Å². The molecule has 3 atom stereocenters. The van der Waals surface area contributed by atoms with Crippen LogP contribution in [0.3, 0.4) is 0 Å². The molecule has 24 heavy (non-hydrogen) atoms. The minimum absolute atomic E-state index is 0. The third-order valence-electron chi connectivity index (χ3n) is 5.24. The third-order valence-corrected chi connectivity index (χ3v) is 5.24. The molecule has 7 heteroatoms. The Kier molecular flexibility index (Phi) is 6.61. The standard InChI is InChI=1S/C17H20FNO4.K/c18-11-4-1-3-10(7-11)17(5-2-6-17)16(23)19-13-9-14(20)12(13)8-15(21)22;/h1,3-4,7,12-14,20H,2,5-6,8-9H2,(H,19,23)(H,21,22);/q;+1/p-1/t12-,13+,14-;/m1./s1. The molecule has 2 aliphatic carbocycles. The number of halogens is 1. The maximum atomic E-state index is 13.5. The molecule has 0 spiro atoms. The van der Waals surface area contributed by atoms with Crippen molar-refractivity contribution in [2.24, 2.45) is 5.92 Å². The van der Waals surface area contributed by atoms with E-state index in [1.54, 1.807) is 12.1 Å². The van der Waals surface area contributed by atoms with Crippen molar-refractivity contribution in [3.63, 3.8) is 0 Å². The molecule has 0 bridgehead atoms. The van der Waals surface area contributed by atoms with Gasteiger partial charge in [-0.05, 0) is 43.4 Å². The predicted molar refractivity (Wildman–Crippen MR) is 77.6 cm³/mol. The van der Waals surface area contributed by atoms with Crippen LogP contribution in [0.2, 0.25) is 0 Å². The van der Waals surface area contributed by atoms with Crippen LogP contribution in [-0.4, -0.2) is 29.1 Å². The molecule has 3 rings (SSSR count). The summed E-state index contributed by atoms with van der Waals surface area (Å²) in [5.41, 5.74) is -0.0909. The van der Waals surface area contributed by atoms with E-state index in [-0.39, 0.29) is 75.6 Å². The van der Waals surface area contributed by atoms with Crippen molar-refractivity contribution in [2.75, 3.05) is 0 Å². The average molecular weight is 359 g/mol. The molecule has 2 saturated carbocycles. The van der Waals surface area contributed by atoms with E-state index in [4.69, 9.17) is 0 Å². The fourth-order valence-corrected chi connectivity index (χ4v) is 3.59.